The van der Waals surface area contributed by atoms with Crippen LogP contribution >= 0.6 is 0 Å². The van der Waals surface area contributed by atoms with E-state index >= 15 is 0 Å². The van der Waals surface area contributed by atoms with Crippen molar-refractivity contribution >= 4 is 11.8 Å². The van der Waals surface area contributed by atoms with Gasteiger partial charge >= 0.3 is 0 Å². The van der Waals surface area contributed by atoms with Gasteiger partial charge in [0.05, 0.1) is 0 Å². The number of carbonyl (C=O) groups excluding carboxylic acids is 2. The molecular formula is C17H22N2O3. The lowest BCUT2D eigenvalue weighted by atomic mass is 10.1. The Kier molecular flexibility index (Phi) is 5.33. The number of aliphatic hydroxyl groups excluding tert-OH is 1. The molecule has 1 aliphatic rings. The maximum Gasteiger partial charge on any atom is 0.249 e. The summed E-state index contributed by atoms with van der Waals surface area (Å²) in [6.45, 7) is 3.26. The smallest absolute Gasteiger partial charge is 0.249 e. The summed E-state index contributed by atoms with van der Waals surface area (Å²) in [5, 5.41) is 9.46. The summed E-state index contributed by atoms with van der Waals surface area (Å²) in [4.78, 5) is 24.7. The third-order valence-corrected chi connectivity index (χ3v) is 3.84. The van der Waals surface area contributed by atoms with Gasteiger partial charge in [-0.15, -0.1) is 0 Å². The minimum Gasteiger partial charge on any atom is -0.383 e. The van der Waals surface area contributed by atoms with Crippen molar-refractivity contribution in [3.63, 3.8) is 0 Å². The van der Waals surface area contributed by atoms with Crippen molar-refractivity contribution < 1.29 is 14.7 Å². The van der Waals surface area contributed by atoms with Gasteiger partial charge in [-0.25, -0.2) is 0 Å². The highest BCUT2D eigenvalue weighted by Gasteiger charge is 2.26. The fourth-order valence-electron chi connectivity index (χ4n) is 2.61. The highest BCUT2D eigenvalue weighted by Crippen LogP contribution is 2.17. The van der Waals surface area contributed by atoms with E-state index in [0.717, 1.165) is 12.8 Å². The molecule has 1 aromatic carbocycles. The molecule has 1 aromatic rings. The van der Waals surface area contributed by atoms with Crippen LogP contribution in [0.1, 0.15) is 24.0 Å². The zero-order valence-electron chi connectivity index (χ0n) is 12.8. The van der Waals surface area contributed by atoms with E-state index in [9.17, 15) is 14.7 Å². The number of hydrogen-bond acceptors (Lipinski definition) is 3. The van der Waals surface area contributed by atoms with Gasteiger partial charge in [-0.05, 0) is 25.3 Å². The normalized spacial score (nSPS) is 15.8. The Hall–Kier alpha value is -2.14. The Labute approximate surface area is 130 Å². The van der Waals surface area contributed by atoms with Crippen LogP contribution in [0.5, 0.6) is 0 Å². The molecule has 5 heteroatoms. The number of amides is 2. The van der Waals surface area contributed by atoms with E-state index in [1.54, 1.807) is 11.0 Å². The minimum atomic E-state index is -1.29. The van der Waals surface area contributed by atoms with Crippen LogP contribution in [0.2, 0.25) is 0 Å². The number of hydrogen-bond donors (Lipinski definition) is 2. The molecule has 3 N–H and O–H groups in total. The van der Waals surface area contributed by atoms with Gasteiger partial charge in [-0.2, -0.15) is 0 Å². The molecule has 22 heavy (non-hydrogen) atoms. The van der Waals surface area contributed by atoms with Gasteiger partial charge in [0.15, 0.2) is 0 Å². The van der Waals surface area contributed by atoms with Gasteiger partial charge in [-0.3, -0.25) is 9.59 Å². The van der Waals surface area contributed by atoms with Crippen LogP contribution in [0.3, 0.4) is 0 Å². The number of primary amides is 1. The number of nitrogens with zero attached hydrogens (tertiary/aromatic N) is 1. The van der Waals surface area contributed by atoms with Crippen LogP contribution in [0, 0.1) is 6.92 Å². The Morgan fingerprint density at radius 2 is 2.23 bits per heavy atom. The Bertz CT molecular complexity index is 595. The summed E-state index contributed by atoms with van der Waals surface area (Å²) in [5.74, 6) is -0.906. The first kappa shape index (κ1) is 16.2. The molecule has 5 nitrogen and oxygen atoms in total. The van der Waals surface area contributed by atoms with E-state index in [1.807, 2.05) is 6.07 Å². The molecule has 2 amide bonds. The standard InChI is InChI=1S/C17H22N2O3/c1-12-4-2-5-13(10-12)6-3-8-19-9-7-14(17(19)22)11-15(20)16(18)21/h2,4-5,7,10,15,20H,3,6,8-9,11H2,1H3,(H2,18,21). The molecule has 118 valence electrons. The molecule has 0 radical (unpaired) electrons. The highest BCUT2D eigenvalue weighted by atomic mass is 16.3. The van der Waals surface area contributed by atoms with E-state index in [2.05, 4.69) is 25.1 Å². The Balaban J connectivity index is 1.79. The molecule has 2 rings (SSSR count). The molecular weight excluding hydrogens is 280 g/mol. The zero-order chi connectivity index (χ0) is 16.1. The molecule has 1 aliphatic heterocycles. The van der Waals surface area contributed by atoms with Crippen LogP contribution in [-0.4, -0.2) is 41.0 Å². The maximum absolute atomic E-state index is 12.2. The predicted molar refractivity (Wildman–Crippen MR) is 84.0 cm³/mol. The van der Waals surface area contributed by atoms with Gasteiger partial charge in [-0.1, -0.05) is 35.9 Å². The number of benzene rings is 1. The van der Waals surface area contributed by atoms with Gasteiger partial charge in [0.2, 0.25) is 11.8 Å². The second-order valence-corrected chi connectivity index (χ2v) is 5.70. The number of nitrogens with two attached hydrogens (primary N) is 1. The summed E-state index contributed by atoms with van der Waals surface area (Å²) in [6, 6.07) is 8.34. The number of aryl methyl sites for hydroxylation is 2. The fraction of sp³-hybridized carbons (Fsp3) is 0.412. The molecule has 0 aliphatic carbocycles. The predicted octanol–water partition coefficient (Wildman–Crippen LogP) is 0.933. The summed E-state index contributed by atoms with van der Waals surface area (Å²) in [7, 11) is 0. The van der Waals surface area contributed by atoms with Crippen molar-refractivity contribution in [1.82, 2.24) is 4.90 Å². The Morgan fingerprint density at radius 1 is 1.45 bits per heavy atom. The van der Waals surface area contributed by atoms with Gasteiger partial charge in [0.25, 0.3) is 0 Å². The van der Waals surface area contributed by atoms with Crippen molar-refractivity contribution in [2.24, 2.45) is 5.73 Å². The number of rotatable bonds is 7. The van der Waals surface area contributed by atoms with Gasteiger partial charge in [0, 0.05) is 25.1 Å². The lowest BCUT2D eigenvalue weighted by Gasteiger charge is -2.17. The lowest BCUT2D eigenvalue weighted by molar-refractivity contribution is -0.127. The lowest BCUT2D eigenvalue weighted by Crippen LogP contribution is -2.32. The average Bonchev–Trinajstić information content (AvgIpc) is 2.80. The molecule has 0 aromatic heterocycles. The third kappa shape index (κ3) is 4.18. The van der Waals surface area contributed by atoms with Gasteiger partial charge < -0.3 is 15.7 Å². The van der Waals surface area contributed by atoms with Crippen LogP contribution < -0.4 is 5.73 Å². The molecule has 0 fully saturated rings. The molecule has 0 saturated heterocycles. The second-order valence-electron chi connectivity index (χ2n) is 5.70. The second kappa shape index (κ2) is 7.22. The van der Waals surface area contributed by atoms with Crippen molar-refractivity contribution in [3.8, 4) is 0 Å². The molecule has 1 heterocycles. The SMILES string of the molecule is Cc1cccc(CCCN2CC=C(CC(O)C(N)=O)C2=O)c1. The summed E-state index contributed by atoms with van der Waals surface area (Å²) in [6.07, 6.45) is 2.28. The van der Waals surface area contributed by atoms with Crippen molar-refractivity contribution in [1.29, 1.82) is 0 Å². The first-order valence-electron chi connectivity index (χ1n) is 7.48. The molecule has 1 unspecified atom stereocenters. The van der Waals surface area contributed by atoms with E-state index in [0.29, 0.717) is 18.7 Å². The highest BCUT2D eigenvalue weighted by molar-refractivity contribution is 5.96. The van der Waals surface area contributed by atoms with Gasteiger partial charge in [0.1, 0.15) is 6.10 Å². The first-order valence-corrected chi connectivity index (χ1v) is 7.48. The van der Waals surface area contributed by atoms with E-state index in [1.165, 1.54) is 11.1 Å². The first-order chi connectivity index (χ1) is 10.5. The molecule has 1 atom stereocenters. The van der Waals surface area contributed by atoms with E-state index < -0.39 is 12.0 Å². The van der Waals surface area contributed by atoms with Crippen molar-refractivity contribution in [3.05, 3.63) is 47.0 Å². The van der Waals surface area contributed by atoms with Crippen LogP contribution in [0.15, 0.2) is 35.9 Å². The third-order valence-electron chi connectivity index (χ3n) is 3.84. The van der Waals surface area contributed by atoms with Crippen molar-refractivity contribution in [2.75, 3.05) is 13.1 Å². The monoisotopic (exact) mass is 302 g/mol. The van der Waals surface area contributed by atoms with Crippen LogP contribution in [-0.2, 0) is 16.0 Å². The number of carbonyl (C=O) groups is 2. The number of aliphatic hydroxyl groups is 1. The Morgan fingerprint density at radius 3 is 2.91 bits per heavy atom. The molecule has 0 bridgehead atoms. The van der Waals surface area contributed by atoms with Crippen LogP contribution in [0.25, 0.3) is 0 Å². The summed E-state index contributed by atoms with van der Waals surface area (Å²) < 4.78 is 0. The average molecular weight is 302 g/mol. The summed E-state index contributed by atoms with van der Waals surface area (Å²) >= 11 is 0. The molecule has 0 saturated carbocycles. The topological polar surface area (TPSA) is 83.6 Å². The fourth-order valence-corrected chi connectivity index (χ4v) is 2.61. The largest absolute Gasteiger partial charge is 0.383 e. The maximum atomic E-state index is 12.2. The summed E-state index contributed by atoms with van der Waals surface area (Å²) in [5.41, 5.74) is 7.99. The van der Waals surface area contributed by atoms with E-state index in [-0.39, 0.29) is 12.3 Å². The van der Waals surface area contributed by atoms with Crippen LogP contribution in [0.4, 0.5) is 0 Å². The quantitative estimate of drug-likeness (QED) is 0.786. The van der Waals surface area contributed by atoms with Crippen molar-refractivity contribution in [2.45, 2.75) is 32.3 Å². The zero-order valence-corrected chi connectivity index (χ0v) is 12.8. The van der Waals surface area contributed by atoms with E-state index in [4.69, 9.17) is 5.73 Å². The minimum absolute atomic E-state index is 0.00253. The molecule has 0 spiro atoms.